The standard InChI is InChI=1S/C17H23ClN2O/c1-12-7-8-13(18)10-14(12)15-11-19-16(21-15)6-5-9-20-17(2,3)4/h7-8,10-11,20H,5-6,9H2,1-4H3. The van der Waals surface area contributed by atoms with E-state index < -0.39 is 0 Å². The van der Waals surface area contributed by atoms with Gasteiger partial charge in [-0.05, 0) is 58.4 Å². The van der Waals surface area contributed by atoms with E-state index in [0.717, 1.165) is 42.2 Å². The number of halogens is 1. The van der Waals surface area contributed by atoms with Gasteiger partial charge in [-0.1, -0.05) is 17.7 Å². The smallest absolute Gasteiger partial charge is 0.194 e. The van der Waals surface area contributed by atoms with Crippen LogP contribution in [0.2, 0.25) is 5.02 Å². The Morgan fingerprint density at radius 2 is 2.05 bits per heavy atom. The summed E-state index contributed by atoms with van der Waals surface area (Å²) in [6.45, 7) is 9.49. The van der Waals surface area contributed by atoms with Gasteiger partial charge < -0.3 is 9.73 Å². The topological polar surface area (TPSA) is 38.1 Å². The van der Waals surface area contributed by atoms with E-state index >= 15 is 0 Å². The van der Waals surface area contributed by atoms with Gasteiger partial charge in [0.2, 0.25) is 0 Å². The fourth-order valence-electron chi connectivity index (χ4n) is 2.11. The molecule has 1 aromatic heterocycles. The lowest BCUT2D eigenvalue weighted by atomic mass is 10.1. The van der Waals surface area contributed by atoms with Gasteiger partial charge in [0.05, 0.1) is 6.20 Å². The number of nitrogens with zero attached hydrogens (tertiary/aromatic N) is 1. The van der Waals surface area contributed by atoms with Crippen molar-refractivity contribution in [2.45, 2.75) is 46.1 Å². The van der Waals surface area contributed by atoms with Crippen molar-refractivity contribution in [3.05, 3.63) is 40.9 Å². The van der Waals surface area contributed by atoms with Crippen LogP contribution in [-0.4, -0.2) is 17.1 Å². The molecule has 1 aromatic carbocycles. The minimum absolute atomic E-state index is 0.152. The summed E-state index contributed by atoms with van der Waals surface area (Å²) in [5.41, 5.74) is 2.30. The number of nitrogens with one attached hydrogen (secondary N) is 1. The molecule has 114 valence electrons. The van der Waals surface area contributed by atoms with E-state index in [0.29, 0.717) is 5.02 Å². The highest BCUT2D eigenvalue weighted by Crippen LogP contribution is 2.27. The zero-order chi connectivity index (χ0) is 15.5. The summed E-state index contributed by atoms with van der Waals surface area (Å²) in [5.74, 6) is 1.56. The Balaban J connectivity index is 1.97. The second kappa shape index (κ2) is 6.63. The Bertz CT molecular complexity index is 599. The lowest BCUT2D eigenvalue weighted by Gasteiger charge is -2.20. The monoisotopic (exact) mass is 306 g/mol. The Kier molecular flexibility index (Phi) is 5.07. The Morgan fingerprint density at radius 3 is 2.76 bits per heavy atom. The number of aryl methyl sites for hydroxylation is 2. The minimum Gasteiger partial charge on any atom is -0.441 e. The van der Waals surface area contributed by atoms with Crippen molar-refractivity contribution < 1.29 is 4.42 Å². The molecular formula is C17H23ClN2O. The van der Waals surface area contributed by atoms with Crippen LogP contribution in [0.3, 0.4) is 0 Å². The van der Waals surface area contributed by atoms with Crippen LogP contribution in [-0.2, 0) is 6.42 Å². The molecule has 0 aliphatic heterocycles. The molecule has 0 amide bonds. The predicted molar refractivity (Wildman–Crippen MR) is 87.8 cm³/mol. The zero-order valence-corrected chi connectivity index (χ0v) is 13.9. The molecule has 0 unspecified atom stereocenters. The Morgan fingerprint density at radius 1 is 1.29 bits per heavy atom. The summed E-state index contributed by atoms with van der Waals surface area (Å²) in [6, 6.07) is 5.80. The van der Waals surface area contributed by atoms with Crippen LogP contribution in [0.15, 0.2) is 28.8 Å². The third kappa shape index (κ3) is 4.87. The second-order valence-electron chi connectivity index (χ2n) is 6.36. The van der Waals surface area contributed by atoms with E-state index in [4.69, 9.17) is 16.0 Å². The maximum atomic E-state index is 6.05. The van der Waals surface area contributed by atoms with E-state index in [9.17, 15) is 0 Å². The highest BCUT2D eigenvalue weighted by Gasteiger charge is 2.11. The molecule has 21 heavy (non-hydrogen) atoms. The van der Waals surface area contributed by atoms with Gasteiger partial charge in [-0.2, -0.15) is 0 Å². The van der Waals surface area contributed by atoms with Crippen LogP contribution in [0, 0.1) is 6.92 Å². The van der Waals surface area contributed by atoms with Gasteiger partial charge in [0.25, 0.3) is 0 Å². The molecule has 3 nitrogen and oxygen atoms in total. The molecule has 0 saturated carbocycles. The van der Waals surface area contributed by atoms with E-state index in [2.05, 4.69) is 31.1 Å². The summed E-state index contributed by atoms with van der Waals surface area (Å²) in [6.07, 6.45) is 3.62. The van der Waals surface area contributed by atoms with Crippen molar-refractivity contribution in [1.29, 1.82) is 0 Å². The largest absolute Gasteiger partial charge is 0.441 e. The van der Waals surface area contributed by atoms with Crippen molar-refractivity contribution in [3.8, 4) is 11.3 Å². The molecule has 0 spiro atoms. The fourth-order valence-corrected chi connectivity index (χ4v) is 2.29. The molecule has 4 heteroatoms. The molecule has 0 atom stereocenters. The molecule has 0 aliphatic rings. The zero-order valence-electron chi connectivity index (χ0n) is 13.2. The number of benzene rings is 1. The van der Waals surface area contributed by atoms with Gasteiger partial charge in [-0.15, -0.1) is 0 Å². The molecule has 0 bridgehead atoms. The van der Waals surface area contributed by atoms with Crippen LogP contribution >= 0.6 is 11.6 Å². The third-order valence-electron chi connectivity index (χ3n) is 3.24. The first-order valence-electron chi connectivity index (χ1n) is 7.31. The van der Waals surface area contributed by atoms with Gasteiger partial charge in [0.1, 0.15) is 0 Å². The number of hydrogen-bond acceptors (Lipinski definition) is 3. The average molecular weight is 307 g/mol. The van der Waals surface area contributed by atoms with Crippen molar-refractivity contribution >= 4 is 11.6 Å². The lowest BCUT2D eigenvalue weighted by Crippen LogP contribution is -2.36. The first-order valence-corrected chi connectivity index (χ1v) is 7.69. The van der Waals surface area contributed by atoms with E-state index in [1.165, 1.54) is 0 Å². The van der Waals surface area contributed by atoms with Crippen molar-refractivity contribution in [2.24, 2.45) is 0 Å². The lowest BCUT2D eigenvalue weighted by molar-refractivity contribution is 0.412. The van der Waals surface area contributed by atoms with Crippen LogP contribution in [0.4, 0.5) is 0 Å². The highest BCUT2D eigenvalue weighted by atomic mass is 35.5. The predicted octanol–water partition coefficient (Wildman–Crippen LogP) is 4.62. The van der Waals surface area contributed by atoms with Crippen LogP contribution in [0.25, 0.3) is 11.3 Å². The molecule has 2 aromatic rings. The van der Waals surface area contributed by atoms with Crippen LogP contribution in [0.5, 0.6) is 0 Å². The molecule has 1 heterocycles. The quantitative estimate of drug-likeness (QED) is 0.819. The summed E-state index contributed by atoms with van der Waals surface area (Å²) in [5, 5.41) is 4.17. The maximum Gasteiger partial charge on any atom is 0.194 e. The van der Waals surface area contributed by atoms with E-state index in [1.54, 1.807) is 6.20 Å². The SMILES string of the molecule is Cc1ccc(Cl)cc1-c1cnc(CCCNC(C)(C)C)o1. The van der Waals surface area contributed by atoms with E-state index in [1.807, 2.05) is 25.1 Å². The second-order valence-corrected chi connectivity index (χ2v) is 6.79. The summed E-state index contributed by atoms with van der Waals surface area (Å²) in [4.78, 5) is 4.36. The summed E-state index contributed by atoms with van der Waals surface area (Å²) in [7, 11) is 0. The number of hydrogen-bond donors (Lipinski definition) is 1. The van der Waals surface area contributed by atoms with Gasteiger partial charge in [0.15, 0.2) is 11.7 Å². The molecular weight excluding hydrogens is 284 g/mol. The van der Waals surface area contributed by atoms with Gasteiger partial charge in [-0.25, -0.2) is 4.98 Å². The first kappa shape index (κ1) is 16.1. The molecule has 0 saturated heterocycles. The fraction of sp³-hybridized carbons (Fsp3) is 0.471. The Labute approximate surface area is 131 Å². The third-order valence-corrected chi connectivity index (χ3v) is 3.48. The molecule has 0 radical (unpaired) electrons. The minimum atomic E-state index is 0.152. The van der Waals surface area contributed by atoms with Gasteiger partial charge in [-0.3, -0.25) is 0 Å². The first-order chi connectivity index (χ1) is 9.85. The van der Waals surface area contributed by atoms with Crippen LogP contribution in [0.1, 0.15) is 38.6 Å². The van der Waals surface area contributed by atoms with Gasteiger partial charge in [0, 0.05) is 22.5 Å². The van der Waals surface area contributed by atoms with Crippen molar-refractivity contribution in [3.63, 3.8) is 0 Å². The summed E-state index contributed by atoms with van der Waals surface area (Å²) >= 11 is 6.05. The van der Waals surface area contributed by atoms with E-state index in [-0.39, 0.29) is 5.54 Å². The molecule has 1 N–H and O–H groups in total. The Hall–Kier alpha value is -1.32. The van der Waals surface area contributed by atoms with Crippen molar-refractivity contribution in [2.75, 3.05) is 6.54 Å². The van der Waals surface area contributed by atoms with Crippen molar-refractivity contribution in [1.82, 2.24) is 10.3 Å². The molecule has 0 fully saturated rings. The van der Waals surface area contributed by atoms with Crippen LogP contribution < -0.4 is 5.32 Å². The average Bonchev–Trinajstić information content (AvgIpc) is 2.85. The summed E-state index contributed by atoms with van der Waals surface area (Å²) < 4.78 is 5.84. The number of aromatic nitrogens is 1. The maximum absolute atomic E-state index is 6.05. The van der Waals surface area contributed by atoms with Gasteiger partial charge >= 0.3 is 0 Å². The molecule has 0 aliphatic carbocycles. The normalized spacial score (nSPS) is 11.9. The number of rotatable bonds is 5. The number of oxazole rings is 1. The highest BCUT2D eigenvalue weighted by molar-refractivity contribution is 6.30. The molecule has 2 rings (SSSR count).